The first kappa shape index (κ1) is 17.1. The summed E-state index contributed by atoms with van der Waals surface area (Å²) in [6.45, 7) is 4.67. The molecule has 2 heterocycles. The number of anilines is 1. The SMILES string of the molecule is Cc1ccc(C)c(N2N=C(C(=O)N3CC[C@H](C(N)=O)C3)CCC2=O)c1. The molecule has 1 aromatic rings. The molecule has 3 amide bonds. The first-order valence-electron chi connectivity index (χ1n) is 8.43. The van der Waals surface area contributed by atoms with Crippen molar-refractivity contribution in [3.05, 3.63) is 29.3 Å². The number of nitrogens with two attached hydrogens (primary N) is 1. The van der Waals surface area contributed by atoms with E-state index in [2.05, 4.69) is 5.10 Å². The first-order chi connectivity index (χ1) is 11.9. The van der Waals surface area contributed by atoms with Gasteiger partial charge >= 0.3 is 0 Å². The molecule has 0 spiro atoms. The van der Waals surface area contributed by atoms with Crippen LogP contribution in [-0.2, 0) is 14.4 Å². The Morgan fingerprint density at radius 1 is 1.24 bits per heavy atom. The van der Waals surface area contributed by atoms with Crippen molar-refractivity contribution in [3.8, 4) is 0 Å². The van der Waals surface area contributed by atoms with Gasteiger partial charge in [0, 0.05) is 25.9 Å². The van der Waals surface area contributed by atoms with Crippen LogP contribution in [0.2, 0.25) is 0 Å². The smallest absolute Gasteiger partial charge is 0.270 e. The maximum Gasteiger partial charge on any atom is 0.270 e. The molecular formula is C18H22N4O3. The van der Waals surface area contributed by atoms with Gasteiger partial charge in [-0.05, 0) is 37.5 Å². The molecule has 3 rings (SSSR count). The summed E-state index contributed by atoms with van der Waals surface area (Å²) >= 11 is 0. The Balaban J connectivity index is 1.85. The van der Waals surface area contributed by atoms with Crippen LogP contribution >= 0.6 is 0 Å². The zero-order chi connectivity index (χ0) is 18.1. The van der Waals surface area contributed by atoms with Crippen LogP contribution < -0.4 is 10.7 Å². The number of nitrogens with zero attached hydrogens (tertiary/aromatic N) is 3. The van der Waals surface area contributed by atoms with E-state index < -0.39 is 0 Å². The van der Waals surface area contributed by atoms with Gasteiger partial charge in [-0.1, -0.05) is 12.1 Å². The fourth-order valence-electron chi connectivity index (χ4n) is 3.20. The molecule has 1 fully saturated rings. The highest BCUT2D eigenvalue weighted by atomic mass is 16.2. The van der Waals surface area contributed by atoms with Gasteiger partial charge in [-0.25, -0.2) is 5.01 Å². The zero-order valence-electron chi connectivity index (χ0n) is 14.5. The lowest BCUT2D eigenvalue weighted by molar-refractivity contribution is -0.124. The number of carbonyl (C=O) groups excluding carboxylic acids is 3. The van der Waals surface area contributed by atoms with Crippen molar-refractivity contribution in [3.63, 3.8) is 0 Å². The molecule has 7 nitrogen and oxygen atoms in total. The van der Waals surface area contributed by atoms with Gasteiger partial charge in [0.15, 0.2) is 0 Å². The van der Waals surface area contributed by atoms with Gasteiger partial charge in [-0.2, -0.15) is 5.10 Å². The average molecular weight is 342 g/mol. The number of amides is 3. The summed E-state index contributed by atoms with van der Waals surface area (Å²) in [7, 11) is 0. The summed E-state index contributed by atoms with van der Waals surface area (Å²) < 4.78 is 0. The number of hydrogen-bond acceptors (Lipinski definition) is 4. The minimum absolute atomic E-state index is 0.123. The normalized spacial score (nSPS) is 20.6. The molecule has 2 aliphatic heterocycles. The number of benzene rings is 1. The summed E-state index contributed by atoms with van der Waals surface area (Å²) in [4.78, 5) is 37.9. The lowest BCUT2D eigenvalue weighted by Gasteiger charge is -2.26. The molecule has 0 unspecified atom stereocenters. The van der Waals surface area contributed by atoms with Crippen LogP contribution in [0.25, 0.3) is 0 Å². The molecule has 0 saturated carbocycles. The standard InChI is InChI=1S/C18H22N4O3/c1-11-3-4-12(2)15(9-11)22-16(23)6-5-14(20-22)18(25)21-8-7-13(10-21)17(19)24/h3-4,9,13H,5-8,10H2,1-2H3,(H2,19,24)/t13-/m0/s1. The average Bonchev–Trinajstić information content (AvgIpc) is 3.07. The summed E-state index contributed by atoms with van der Waals surface area (Å²) in [6.07, 6.45) is 1.13. The maximum atomic E-state index is 12.7. The molecule has 25 heavy (non-hydrogen) atoms. The van der Waals surface area contributed by atoms with Gasteiger partial charge in [0.25, 0.3) is 5.91 Å². The Labute approximate surface area is 146 Å². The van der Waals surface area contributed by atoms with E-state index in [1.54, 1.807) is 4.90 Å². The van der Waals surface area contributed by atoms with Crippen molar-refractivity contribution in [2.45, 2.75) is 33.1 Å². The predicted octanol–water partition coefficient (Wildman–Crippen LogP) is 1.12. The number of carbonyl (C=O) groups is 3. The first-order valence-corrected chi connectivity index (χ1v) is 8.43. The lowest BCUT2D eigenvalue weighted by atomic mass is 10.1. The third-order valence-electron chi connectivity index (χ3n) is 4.75. The molecule has 1 atom stereocenters. The third-order valence-corrected chi connectivity index (χ3v) is 4.75. The van der Waals surface area contributed by atoms with Crippen LogP contribution in [0.3, 0.4) is 0 Å². The Hall–Kier alpha value is -2.70. The van der Waals surface area contributed by atoms with Crippen molar-refractivity contribution in [2.75, 3.05) is 18.1 Å². The molecule has 2 N–H and O–H groups in total. The molecule has 1 saturated heterocycles. The highest BCUT2D eigenvalue weighted by molar-refractivity contribution is 6.40. The van der Waals surface area contributed by atoms with Gasteiger partial charge in [0.1, 0.15) is 5.71 Å². The third kappa shape index (κ3) is 3.40. The molecule has 1 aromatic carbocycles. The van der Waals surface area contributed by atoms with Gasteiger partial charge < -0.3 is 10.6 Å². The molecule has 132 valence electrons. The maximum absolute atomic E-state index is 12.7. The molecule has 0 aromatic heterocycles. The quantitative estimate of drug-likeness (QED) is 0.891. The van der Waals surface area contributed by atoms with Crippen molar-refractivity contribution in [1.29, 1.82) is 0 Å². The highest BCUT2D eigenvalue weighted by Crippen LogP contribution is 2.26. The van der Waals surface area contributed by atoms with E-state index in [1.165, 1.54) is 5.01 Å². The highest BCUT2D eigenvalue weighted by Gasteiger charge is 2.34. The van der Waals surface area contributed by atoms with E-state index in [9.17, 15) is 14.4 Å². The van der Waals surface area contributed by atoms with Crippen LogP contribution in [0.15, 0.2) is 23.3 Å². The second-order valence-electron chi connectivity index (χ2n) is 6.68. The van der Waals surface area contributed by atoms with Gasteiger partial charge in [-0.15, -0.1) is 0 Å². The van der Waals surface area contributed by atoms with E-state index in [4.69, 9.17) is 5.73 Å². The minimum atomic E-state index is -0.381. The fraction of sp³-hybridized carbons (Fsp3) is 0.444. The van der Waals surface area contributed by atoms with Crippen LogP contribution in [-0.4, -0.2) is 41.4 Å². The van der Waals surface area contributed by atoms with Crippen molar-refractivity contribution in [1.82, 2.24) is 4.90 Å². The number of primary amides is 1. The van der Waals surface area contributed by atoms with Gasteiger partial charge in [0.05, 0.1) is 11.6 Å². The van der Waals surface area contributed by atoms with E-state index in [-0.39, 0.29) is 30.1 Å². The van der Waals surface area contributed by atoms with Crippen LogP contribution in [0.5, 0.6) is 0 Å². The number of hydrazone groups is 1. The zero-order valence-corrected chi connectivity index (χ0v) is 14.5. The van der Waals surface area contributed by atoms with Crippen molar-refractivity contribution >= 4 is 29.1 Å². The van der Waals surface area contributed by atoms with Crippen molar-refractivity contribution in [2.24, 2.45) is 16.8 Å². The van der Waals surface area contributed by atoms with E-state index in [1.807, 2.05) is 32.0 Å². The molecular weight excluding hydrogens is 320 g/mol. The second-order valence-corrected chi connectivity index (χ2v) is 6.68. The summed E-state index contributed by atoms with van der Waals surface area (Å²) in [5.74, 6) is -1.02. The largest absolute Gasteiger partial charge is 0.369 e. The predicted molar refractivity (Wildman–Crippen MR) is 94.0 cm³/mol. The Morgan fingerprint density at radius 2 is 2.00 bits per heavy atom. The molecule has 0 radical (unpaired) electrons. The monoisotopic (exact) mass is 342 g/mol. The number of rotatable bonds is 3. The van der Waals surface area contributed by atoms with E-state index >= 15 is 0 Å². The van der Waals surface area contributed by atoms with E-state index in [0.717, 1.165) is 11.1 Å². The minimum Gasteiger partial charge on any atom is -0.369 e. The molecule has 0 aliphatic carbocycles. The molecule has 0 bridgehead atoms. The lowest BCUT2D eigenvalue weighted by Crippen LogP contribution is -2.41. The fourth-order valence-corrected chi connectivity index (χ4v) is 3.20. The molecule has 7 heteroatoms. The van der Waals surface area contributed by atoms with Gasteiger partial charge in [0.2, 0.25) is 11.8 Å². The van der Waals surface area contributed by atoms with Crippen LogP contribution in [0.1, 0.15) is 30.4 Å². The summed E-state index contributed by atoms with van der Waals surface area (Å²) in [5, 5.41) is 5.68. The summed E-state index contributed by atoms with van der Waals surface area (Å²) in [5.41, 5.74) is 8.32. The topological polar surface area (TPSA) is 96.1 Å². The van der Waals surface area contributed by atoms with Crippen molar-refractivity contribution < 1.29 is 14.4 Å². The molecule has 2 aliphatic rings. The van der Waals surface area contributed by atoms with Crippen LogP contribution in [0.4, 0.5) is 5.69 Å². The Kier molecular flexibility index (Phi) is 4.57. The van der Waals surface area contributed by atoms with Crippen LogP contribution in [0, 0.1) is 19.8 Å². The number of aryl methyl sites for hydroxylation is 2. The summed E-state index contributed by atoms with van der Waals surface area (Å²) in [6, 6.07) is 5.79. The number of hydrogen-bond donors (Lipinski definition) is 1. The second kappa shape index (κ2) is 6.66. The number of likely N-dealkylation sites (tertiary alicyclic amines) is 1. The van der Waals surface area contributed by atoms with E-state index in [0.29, 0.717) is 37.3 Å². The Morgan fingerprint density at radius 3 is 2.68 bits per heavy atom. The Bertz CT molecular complexity index is 772. The van der Waals surface area contributed by atoms with Gasteiger partial charge in [-0.3, -0.25) is 14.4 Å².